The highest BCUT2D eigenvalue weighted by molar-refractivity contribution is 7.16. The third kappa shape index (κ3) is 4.37. The Labute approximate surface area is 204 Å². The molecular formula is C25H35N3O3S2. The SMILES string of the molecule is CCN(CC)C(=O)[C@@H](C)[C@@H]1CC[C@@]2(C)Cc3sc(NC(=O)c4cccs4)nc3[C@@H](C)[C@@H]2[C@H]1O. The highest BCUT2D eigenvalue weighted by atomic mass is 32.1. The summed E-state index contributed by atoms with van der Waals surface area (Å²) in [4.78, 5) is 34.1. The second kappa shape index (κ2) is 9.47. The van der Waals surface area contributed by atoms with Crippen molar-refractivity contribution >= 4 is 39.6 Å². The van der Waals surface area contributed by atoms with Gasteiger partial charge in [0.2, 0.25) is 5.91 Å². The lowest BCUT2D eigenvalue weighted by atomic mass is 9.53. The zero-order valence-corrected chi connectivity index (χ0v) is 21.8. The number of carbonyl (C=O) groups excluding carboxylic acids is 2. The molecule has 2 aromatic heterocycles. The Bertz CT molecular complexity index is 1000. The van der Waals surface area contributed by atoms with Gasteiger partial charge in [-0.2, -0.15) is 0 Å². The van der Waals surface area contributed by atoms with Gasteiger partial charge in [0.15, 0.2) is 5.13 Å². The molecule has 0 saturated heterocycles. The Kier molecular flexibility index (Phi) is 6.99. The number of nitrogens with zero attached hydrogens (tertiary/aromatic N) is 2. The van der Waals surface area contributed by atoms with Crippen LogP contribution in [-0.4, -0.2) is 46.0 Å². The molecule has 2 aliphatic rings. The molecule has 0 spiro atoms. The van der Waals surface area contributed by atoms with Gasteiger partial charge in [-0.3, -0.25) is 14.9 Å². The Morgan fingerprint density at radius 1 is 1.36 bits per heavy atom. The van der Waals surface area contributed by atoms with E-state index in [1.807, 2.05) is 43.2 Å². The van der Waals surface area contributed by atoms with Crippen LogP contribution in [0.15, 0.2) is 17.5 Å². The predicted molar refractivity (Wildman–Crippen MR) is 134 cm³/mol. The minimum absolute atomic E-state index is 0.0398. The number of hydrogen-bond donors (Lipinski definition) is 2. The number of aromatic nitrogens is 1. The van der Waals surface area contributed by atoms with Gasteiger partial charge in [-0.25, -0.2) is 4.98 Å². The lowest BCUT2D eigenvalue weighted by Gasteiger charge is -2.53. The van der Waals surface area contributed by atoms with E-state index < -0.39 is 6.10 Å². The van der Waals surface area contributed by atoms with Gasteiger partial charge in [0.05, 0.1) is 16.7 Å². The van der Waals surface area contributed by atoms with E-state index in [1.54, 1.807) is 11.3 Å². The Balaban J connectivity index is 1.56. The van der Waals surface area contributed by atoms with E-state index in [9.17, 15) is 14.7 Å². The van der Waals surface area contributed by atoms with Gasteiger partial charge >= 0.3 is 0 Å². The van der Waals surface area contributed by atoms with Gasteiger partial charge in [-0.1, -0.05) is 26.8 Å². The number of thiophene rings is 1. The summed E-state index contributed by atoms with van der Waals surface area (Å²) in [5.41, 5.74) is 0.952. The molecule has 4 rings (SSSR count). The van der Waals surface area contributed by atoms with Crippen LogP contribution >= 0.6 is 22.7 Å². The molecule has 6 atom stereocenters. The molecule has 0 unspecified atom stereocenters. The minimum atomic E-state index is -0.549. The molecule has 8 heteroatoms. The molecule has 6 nitrogen and oxygen atoms in total. The van der Waals surface area contributed by atoms with Gasteiger partial charge in [0.25, 0.3) is 5.91 Å². The second-order valence-corrected chi connectivity index (χ2v) is 11.9. The monoisotopic (exact) mass is 489 g/mol. The van der Waals surface area contributed by atoms with Crippen LogP contribution < -0.4 is 5.32 Å². The van der Waals surface area contributed by atoms with Crippen LogP contribution in [0.25, 0.3) is 0 Å². The van der Waals surface area contributed by atoms with E-state index in [-0.39, 0.29) is 40.9 Å². The zero-order valence-electron chi connectivity index (χ0n) is 20.1. The van der Waals surface area contributed by atoms with Crippen molar-refractivity contribution in [3.05, 3.63) is 33.0 Å². The number of amides is 2. The number of aliphatic hydroxyl groups is 1. The van der Waals surface area contributed by atoms with Crippen molar-refractivity contribution in [3.8, 4) is 0 Å². The maximum Gasteiger partial charge on any atom is 0.267 e. The van der Waals surface area contributed by atoms with Crippen LogP contribution in [-0.2, 0) is 11.2 Å². The fourth-order valence-electron chi connectivity index (χ4n) is 6.17. The first-order valence-corrected chi connectivity index (χ1v) is 13.7. The van der Waals surface area contributed by atoms with Crippen molar-refractivity contribution in [2.75, 3.05) is 18.4 Å². The molecule has 2 heterocycles. The van der Waals surface area contributed by atoms with E-state index in [0.29, 0.717) is 23.1 Å². The van der Waals surface area contributed by atoms with Crippen molar-refractivity contribution in [3.63, 3.8) is 0 Å². The number of rotatable bonds is 6. The van der Waals surface area contributed by atoms with Crippen LogP contribution in [0, 0.1) is 23.2 Å². The average molecular weight is 490 g/mol. The summed E-state index contributed by atoms with van der Waals surface area (Å²) in [7, 11) is 0. The molecule has 2 N–H and O–H groups in total. The third-order valence-corrected chi connectivity index (χ3v) is 9.85. The zero-order chi connectivity index (χ0) is 23.9. The number of anilines is 1. The fourth-order valence-corrected chi connectivity index (χ4v) is 8.05. The van der Waals surface area contributed by atoms with Crippen LogP contribution in [0.4, 0.5) is 5.13 Å². The van der Waals surface area contributed by atoms with Gasteiger partial charge in [0.1, 0.15) is 0 Å². The average Bonchev–Trinajstić information content (AvgIpc) is 3.44. The molecule has 33 heavy (non-hydrogen) atoms. The second-order valence-electron chi connectivity index (χ2n) is 9.90. The summed E-state index contributed by atoms with van der Waals surface area (Å²) in [5, 5.41) is 17.1. The summed E-state index contributed by atoms with van der Waals surface area (Å²) in [5.74, 6) is -0.124. The number of nitrogens with one attached hydrogen (secondary N) is 1. The Hall–Kier alpha value is -1.77. The Morgan fingerprint density at radius 3 is 2.73 bits per heavy atom. The summed E-state index contributed by atoms with van der Waals surface area (Å²) in [6, 6.07) is 3.67. The van der Waals surface area contributed by atoms with E-state index in [1.165, 1.54) is 16.2 Å². The molecule has 0 aliphatic heterocycles. The highest BCUT2D eigenvalue weighted by Crippen LogP contribution is 2.57. The van der Waals surface area contributed by atoms with Gasteiger partial charge in [0, 0.05) is 29.8 Å². The summed E-state index contributed by atoms with van der Waals surface area (Å²) >= 11 is 2.97. The Morgan fingerprint density at radius 2 is 2.09 bits per heavy atom. The molecular weight excluding hydrogens is 454 g/mol. The molecule has 0 aromatic carbocycles. The molecule has 180 valence electrons. The van der Waals surface area contributed by atoms with Crippen LogP contribution in [0.1, 0.15) is 73.6 Å². The molecule has 0 radical (unpaired) electrons. The first-order chi connectivity index (χ1) is 15.7. The van der Waals surface area contributed by atoms with E-state index >= 15 is 0 Å². The quantitative estimate of drug-likeness (QED) is 0.597. The maximum absolute atomic E-state index is 13.0. The molecule has 1 fully saturated rings. The summed E-state index contributed by atoms with van der Waals surface area (Å²) < 4.78 is 0. The predicted octanol–water partition coefficient (Wildman–Crippen LogP) is 5.01. The molecule has 2 aliphatic carbocycles. The maximum atomic E-state index is 13.0. The van der Waals surface area contributed by atoms with Crippen molar-refractivity contribution in [1.82, 2.24) is 9.88 Å². The third-order valence-electron chi connectivity index (χ3n) is 7.99. The van der Waals surface area contributed by atoms with Gasteiger partial charge in [-0.15, -0.1) is 22.7 Å². The normalized spacial score (nSPS) is 29.6. The van der Waals surface area contributed by atoms with Crippen molar-refractivity contribution < 1.29 is 14.7 Å². The largest absolute Gasteiger partial charge is 0.392 e. The molecule has 2 aromatic rings. The van der Waals surface area contributed by atoms with Crippen molar-refractivity contribution in [1.29, 1.82) is 0 Å². The van der Waals surface area contributed by atoms with E-state index in [0.717, 1.165) is 25.0 Å². The number of carbonyl (C=O) groups is 2. The molecule has 2 amide bonds. The number of aliphatic hydroxyl groups excluding tert-OH is 1. The van der Waals surface area contributed by atoms with Crippen LogP contribution in [0.5, 0.6) is 0 Å². The lowest BCUT2D eigenvalue weighted by molar-refractivity contribution is -0.144. The van der Waals surface area contributed by atoms with Crippen LogP contribution in [0.3, 0.4) is 0 Å². The molecule has 1 saturated carbocycles. The van der Waals surface area contributed by atoms with Crippen molar-refractivity contribution in [2.24, 2.45) is 23.2 Å². The topological polar surface area (TPSA) is 82.5 Å². The van der Waals surface area contributed by atoms with E-state index in [4.69, 9.17) is 4.98 Å². The molecule has 0 bridgehead atoms. The minimum Gasteiger partial charge on any atom is -0.392 e. The number of thiazole rings is 1. The first kappa shape index (κ1) is 24.4. The lowest BCUT2D eigenvalue weighted by Crippen LogP contribution is -2.53. The van der Waals surface area contributed by atoms with Gasteiger partial charge in [-0.05, 0) is 61.8 Å². The van der Waals surface area contributed by atoms with Gasteiger partial charge < -0.3 is 10.0 Å². The van der Waals surface area contributed by atoms with E-state index in [2.05, 4.69) is 19.2 Å². The van der Waals surface area contributed by atoms with Crippen LogP contribution in [0.2, 0.25) is 0 Å². The standard InChI is InChI=1S/C25H35N3O3S2/c1-6-28(7-2)23(31)14(3)16-10-11-25(5)13-18-20(15(4)19(25)21(16)29)26-24(33-18)27-22(30)17-9-8-12-32-17/h8-9,12,14-16,19,21,29H,6-7,10-11,13H2,1-5H3,(H,26,27,30)/t14-,15-,16-,19+,21-,25-/m0/s1. The number of fused-ring (bicyclic) bond motifs is 2. The summed E-state index contributed by atoms with van der Waals surface area (Å²) in [6.45, 7) is 11.8. The summed E-state index contributed by atoms with van der Waals surface area (Å²) in [6.07, 6.45) is 2.14. The van der Waals surface area contributed by atoms with Crippen molar-refractivity contribution in [2.45, 2.75) is 65.9 Å². The first-order valence-electron chi connectivity index (χ1n) is 12.0. The highest BCUT2D eigenvalue weighted by Gasteiger charge is 2.54. The smallest absolute Gasteiger partial charge is 0.267 e. The number of hydrogen-bond acceptors (Lipinski definition) is 6. The fraction of sp³-hybridized carbons (Fsp3) is 0.640.